The van der Waals surface area contributed by atoms with E-state index < -0.39 is 17.6 Å². The fourth-order valence-electron chi connectivity index (χ4n) is 2.44. The molecule has 0 aliphatic heterocycles. The van der Waals surface area contributed by atoms with Crippen LogP contribution in [0, 0.1) is 6.92 Å². The van der Waals surface area contributed by atoms with Crippen LogP contribution in [0.4, 0.5) is 13.2 Å². The molecule has 2 rings (SSSR count). The van der Waals surface area contributed by atoms with Crippen molar-refractivity contribution < 1.29 is 27.5 Å². The maximum Gasteiger partial charge on any atom is 0.416 e. The molecule has 0 saturated carbocycles. The Balaban J connectivity index is 1.58. The zero-order chi connectivity index (χ0) is 21.3. The van der Waals surface area contributed by atoms with Crippen molar-refractivity contribution in [3.05, 3.63) is 65.2 Å². The molecule has 0 saturated heterocycles. The molecular weight excluding hydrogens is 385 g/mol. The van der Waals surface area contributed by atoms with Crippen LogP contribution in [-0.2, 0) is 11.0 Å². The SMILES string of the molecule is Cc1ccc(OCCCC(=O)NCCNC(=O)c2ccc(C(F)(F)F)cc2)cc1. The highest BCUT2D eigenvalue weighted by molar-refractivity contribution is 5.94. The molecule has 0 unspecified atom stereocenters. The first kappa shape index (κ1) is 22.3. The van der Waals surface area contributed by atoms with Gasteiger partial charge in [-0.15, -0.1) is 0 Å². The van der Waals surface area contributed by atoms with Crippen molar-refractivity contribution >= 4 is 11.8 Å². The number of carbonyl (C=O) groups is 2. The Morgan fingerprint density at radius 1 is 0.931 bits per heavy atom. The van der Waals surface area contributed by atoms with Gasteiger partial charge in [0.25, 0.3) is 5.91 Å². The summed E-state index contributed by atoms with van der Waals surface area (Å²) in [6, 6.07) is 11.6. The smallest absolute Gasteiger partial charge is 0.416 e. The standard InChI is InChI=1S/C21H23F3N2O3/c1-15-4-10-18(11-5-15)29-14-2-3-19(27)25-12-13-26-20(28)16-6-8-17(9-7-16)21(22,23)24/h4-11H,2-3,12-14H2,1H3,(H,25,27)(H,26,28). The molecule has 0 aromatic heterocycles. The van der Waals surface area contributed by atoms with E-state index in [0.717, 1.165) is 35.6 Å². The van der Waals surface area contributed by atoms with Crippen molar-refractivity contribution in [2.75, 3.05) is 19.7 Å². The van der Waals surface area contributed by atoms with Crippen LogP contribution in [-0.4, -0.2) is 31.5 Å². The monoisotopic (exact) mass is 408 g/mol. The van der Waals surface area contributed by atoms with Crippen molar-refractivity contribution in [1.82, 2.24) is 10.6 Å². The average Bonchev–Trinajstić information content (AvgIpc) is 2.69. The Morgan fingerprint density at radius 2 is 1.55 bits per heavy atom. The average molecular weight is 408 g/mol. The van der Waals surface area contributed by atoms with Crippen LogP contribution < -0.4 is 15.4 Å². The molecule has 0 spiro atoms. The molecule has 0 atom stereocenters. The van der Waals surface area contributed by atoms with Gasteiger partial charge in [-0.3, -0.25) is 9.59 Å². The molecule has 0 radical (unpaired) electrons. The molecule has 2 N–H and O–H groups in total. The molecule has 0 aliphatic rings. The minimum atomic E-state index is -4.44. The largest absolute Gasteiger partial charge is 0.494 e. The third-order valence-corrected chi connectivity index (χ3v) is 4.05. The lowest BCUT2D eigenvalue weighted by Gasteiger charge is -2.09. The van der Waals surface area contributed by atoms with Crippen molar-refractivity contribution in [2.45, 2.75) is 25.9 Å². The van der Waals surface area contributed by atoms with Gasteiger partial charge in [-0.1, -0.05) is 17.7 Å². The lowest BCUT2D eigenvalue weighted by molar-refractivity contribution is -0.137. The number of carbonyl (C=O) groups excluding carboxylic acids is 2. The molecule has 0 fully saturated rings. The Labute approximate surface area is 167 Å². The Kier molecular flexibility index (Phi) is 8.06. The summed E-state index contributed by atoms with van der Waals surface area (Å²) in [6.45, 7) is 2.80. The third-order valence-electron chi connectivity index (χ3n) is 4.05. The van der Waals surface area contributed by atoms with E-state index in [1.165, 1.54) is 0 Å². The fraction of sp³-hybridized carbons (Fsp3) is 0.333. The zero-order valence-electron chi connectivity index (χ0n) is 16.0. The van der Waals surface area contributed by atoms with E-state index in [1.807, 2.05) is 31.2 Å². The summed E-state index contributed by atoms with van der Waals surface area (Å²) in [4.78, 5) is 23.7. The molecule has 0 heterocycles. The Hall–Kier alpha value is -3.03. The molecule has 5 nitrogen and oxygen atoms in total. The molecule has 0 bridgehead atoms. The van der Waals surface area contributed by atoms with E-state index in [9.17, 15) is 22.8 Å². The van der Waals surface area contributed by atoms with Gasteiger partial charge in [0.2, 0.25) is 5.91 Å². The fourth-order valence-corrected chi connectivity index (χ4v) is 2.44. The molecule has 2 aromatic carbocycles. The lowest BCUT2D eigenvalue weighted by Crippen LogP contribution is -2.34. The second-order valence-electron chi connectivity index (χ2n) is 6.45. The Morgan fingerprint density at radius 3 is 2.17 bits per heavy atom. The number of ether oxygens (including phenoxy) is 1. The number of alkyl halides is 3. The summed E-state index contributed by atoms with van der Waals surface area (Å²) in [5.41, 5.74) is 0.451. The van der Waals surface area contributed by atoms with Gasteiger partial charge in [0.1, 0.15) is 5.75 Å². The molecule has 8 heteroatoms. The minimum Gasteiger partial charge on any atom is -0.494 e. The maximum absolute atomic E-state index is 12.5. The highest BCUT2D eigenvalue weighted by atomic mass is 19.4. The van der Waals surface area contributed by atoms with E-state index in [2.05, 4.69) is 10.6 Å². The molecular formula is C21H23F3N2O3. The molecule has 0 aliphatic carbocycles. The summed E-state index contributed by atoms with van der Waals surface area (Å²) in [5, 5.41) is 5.21. The molecule has 156 valence electrons. The Bertz CT molecular complexity index is 803. The highest BCUT2D eigenvalue weighted by Gasteiger charge is 2.30. The van der Waals surface area contributed by atoms with Crippen molar-refractivity contribution in [2.24, 2.45) is 0 Å². The van der Waals surface area contributed by atoms with Crippen LogP contribution in [0.15, 0.2) is 48.5 Å². The second-order valence-corrected chi connectivity index (χ2v) is 6.45. The number of benzene rings is 2. The van der Waals surface area contributed by atoms with E-state index in [4.69, 9.17) is 4.74 Å². The topological polar surface area (TPSA) is 67.4 Å². The lowest BCUT2D eigenvalue weighted by atomic mass is 10.1. The summed E-state index contributed by atoms with van der Waals surface area (Å²) >= 11 is 0. The summed E-state index contributed by atoms with van der Waals surface area (Å²) in [5.74, 6) is 0.0859. The van der Waals surface area contributed by atoms with Crippen molar-refractivity contribution in [3.8, 4) is 5.75 Å². The number of halogens is 3. The van der Waals surface area contributed by atoms with Gasteiger partial charge in [0, 0.05) is 25.1 Å². The summed E-state index contributed by atoms with van der Waals surface area (Å²) in [7, 11) is 0. The number of amides is 2. The predicted molar refractivity (Wildman–Crippen MR) is 103 cm³/mol. The van der Waals surface area contributed by atoms with Crippen molar-refractivity contribution in [1.29, 1.82) is 0 Å². The molecule has 2 aromatic rings. The second kappa shape index (κ2) is 10.5. The summed E-state index contributed by atoms with van der Waals surface area (Å²) in [6.07, 6.45) is -3.60. The molecule has 2 amide bonds. The number of rotatable bonds is 9. The van der Waals surface area contributed by atoms with E-state index in [1.54, 1.807) is 0 Å². The number of nitrogens with one attached hydrogen (secondary N) is 2. The quantitative estimate of drug-likeness (QED) is 0.622. The predicted octanol–water partition coefficient (Wildman–Crippen LogP) is 3.72. The maximum atomic E-state index is 12.5. The number of aryl methyl sites for hydroxylation is 1. The van der Waals surface area contributed by atoms with Gasteiger partial charge in [-0.05, 0) is 49.7 Å². The minimum absolute atomic E-state index is 0.123. The normalized spacial score (nSPS) is 11.0. The summed E-state index contributed by atoms with van der Waals surface area (Å²) < 4.78 is 43.1. The number of hydrogen-bond acceptors (Lipinski definition) is 3. The van der Waals surface area contributed by atoms with Gasteiger partial charge in [-0.2, -0.15) is 13.2 Å². The van der Waals surface area contributed by atoms with Crippen LogP contribution in [0.25, 0.3) is 0 Å². The van der Waals surface area contributed by atoms with Crippen LogP contribution in [0.5, 0.6) is 5.75 Å². The van der Waals surface area contributed by atoms with E-state index in [-0.39, 0.29) is 24.6 Å². The third kappa shape index (κ3) is 7.85. The van der Waals surface area contributed by atoms with Crippen LogP contribution >= 0.6 is 0 Å². The van der Waals surface area contributed by atoms with E-state index in [0.29, 0.717) is 19.4 Å². The van der Waals surface area contributed by atoms with Gasteiger partial charge in [-0.25, -0.2) is 0 Å². The highest BCUT2D eigenvalue weighted by Crippen LogP contribution is 2.29. The van der Waals surface area contributed by atoms with E-state index >= 15 is 0 Å². The first-order chi connectivity index (χ1) is 13.8. The number of hydrogen-bond donors (Lipinski definition) is 2. The first-order valence-electron chi connectivity index (χ1n) is 9.17. The first-order valence-corrected chi connectivity index (χ1v) is 9.17. The van der Waals surface area contributed by atoms with Gasteiger partial charge in [0.05, 0.1) is 12.2 Å². The molecule has 29 heavy (non-hydrogen) atoms. The van der Waals surface area contributed by atoms with Gasteiger partial charge >= 0.3 is 6.18 Å². The van der Waals surface area contributed by atoms with Crippen LogP contribution in [0.2, 0.25) is 0 Å². The zero-order valence-corrected chi connectivity index (χ0v) is 16.0. The van der Waals surface area contributed by atoms with Crippen LogP contribution in [0.3, 0.4) is 0 Å². The van der Waals surface area contributed by atoms with Gasteiger partial charge < -0.3 is 15.4 Å². The van der Waals surface area contributed by atoms with Crippen molar-refractivity contribution in [3.63, 3.8) is 0 Å². The van der Waals surface area contributed by atoms with Crippen LogP contribution in [0.1, 0.15) is 34.3 Å². The van der Waals surface area contributed by atoms with Gasteiger partial charge in [0.15, 0.2) is 0 Å².